The van der Waals surface area contributed by atoms with Crippen LogP contribution in [-0.2, 0) is 23.8 Å². The van der Waals surface area contributed by atoms with Crippen molar-refractivity contribution in [3.05, 3.63) is 51.9 Å². The van der Waals surface area contributed by atoms with Gasteiger partial charge in [-0.2, -0.15) is 0 Å². The number of rotatable bonds is 4. The second-order valence-corrected chi connectivity index (χ2v) is 8.88. The van der Waals surface area contributed by atoms with Crippen molar-refractivity contribution in [3.63, 3.8) is 0 Å². The number of carbonyl (C=O) groups is 2. The van der Waals surface area contributed by atoms with E-state index in [1.165, 1.54) is 6.07 Å². The third kappa shape index (κ3) is 3.68. The minimum Gasteiger partial charge on any atom is -0.483 e. The van der Waals surface area contributed by atoms with E-state index in [0.29, 0.717) is 27.9 Å². The standard InChI is InChI=1S/C24H26O8/c1-7-12(2)21(26)30-20-19(29-22(27)24(6)13(3)31-24)15-10-14-8-9-18(25)28-16(14)11-17(15)32-23(20,4)5/h7-11,13,19-20H,1-6H3. The largest absolute Gasteiger partial charge is 0.483 e. The lowest BCUT2D eigenvalue weighted by molar-refractivity contribution is -0.190. The van der Waals surface area contributed by atoms with Crippen LogP contribution in [0.3, 0.4) is 0 Å². The van der Waals surface area contributed by atoms with Crippen LogP contribution in [0.15, 0.2) is 45.1 Å². The molecule has 1 fully saturated rings. The summed E-state index contributed by atoms with van der Waals surface area (Å²) in [5, 5.41) is 0.615. The number of carbonyl (C=O) groups excluding carboxylic acids is 2. The topological polar surface area (TPSA) is 105 Å². The Morgan fingerprint density at radius 1 is 1.12 bits per heavy atom. The van der Waals surface area contributed by atoms with E-state index in [1.807, 2.05) is 0 Å². The molecule has 0 N–H and O–H groups in total. The van der Waals surface area contributed by atoms with Gasteiger partial charge in [0.15, 0.2) is 17.8 Å². The van der Waals surface area contributed by atoms with E-state index in [4.69, 9.17) is 23.4 Å². The molecule has 2 aliphatic rings. The van der Waals surface area contributed by atoms with E-state index in [2.05, 4.69) is 0 Å². The molecular weight excluding hydrogens is 416 g/mol. The molecule has 8 nitrogen and oxygen atoms in total. The average Bonchev–Trinajstić information content (AvgIpc) is 3.35. The zero-order valence-corrected chi connectivity index (χ0v) is 18.9. The second-order valence-electron chi connectivity index (χ2n) is 8.88. The minimum atomic E-state index is -1.06. The van der Waals surface area contributed by atoms with E-state index >= 15 is 0 Å². The van der Waals surface area contributed by atoms with E-state index in [9.17, 15) is 14.4 Å². The molecule has 2 aromatic rings. The van der Waals surface area contributed by atoms with E-state index in [1.54, 1.807) is 65.8 Å². The fourth-order valence-electron chi connectivity index (χ4n) is 3.73. The van der Waals surface area contributed by atoms with Gasteiger partial charge >= 0.3 is 17.6 Å². The average molecular weight is 442 g/mol. The van der Waals surface area contributed by atoms with Gasteiger partial charge in [-0.15, -0.1) is 0 Å². The van der Waals surface area contributed by atoms with Crippen molar-refractivity contribution in [2.45, 2.75) is 71.1 Å². The van der Waals surface area contributed by atoms with Gasteiger partial charge in [-0.1, -0.05) is 6.08 Å². The quantitative estimate of drug-likeness (QED) is 0.306. The molecule has 3 heterocycles. The highest BCUT2D eigenvalue weighted by molar-refractivity contribution is 5.88. The predicted molar refractivity (Wildman–Crippen MR) is 114 cm³/mol. The number of allylic oxidation sites excluding steroid dienone is 1. The molecule has 0 bridgehead atoms. The molecule has 0 spiro atoms. The normalized spacial score (nSPS) is 28.4. The van der Waals surface area contributed by atoms with E-state index in [0.717, 1.165) is 0 Å². The lowest BCUT2D eigenvalue weighted by atomic mass is 9.87. The third-order valence-electron chi connectivity index (χ3n) is 6.16. The summed E-state index contributed by atoms with van der Waals surface area (Å²) in [4.78, 5) is 37.2. The van der Waals surface area contributed by atoms with Crippen LogP contribution in [-0.4, -0.2) is 35.3 Å². The van der Waals surface area contributed by atoms with Gasteiger partial charge in [-0.05, 0) is 53.7 Å². The van der Waals surface area contributed by atoms with Crippen LogP contribution in [0.25, 0.3) is 11.0 Å². The molecule has 8 heteroatoms. The van der Waals surface area contributed by atoms with Gasteiger partial charge in [0, 0.05) is 28.7 Å². The maximum Gasteiger partial charge on any atom is 0.341 e. The summed E-state index contributed by atoms with van der Waals surface area (Å²) in [7, 11) is 0. The second kappa shape index (κ2) is 7.48. The summed E-state index contributed by atoms with van der Waals surface area (Å²) >= 11 is 0. The molecule has 0 saturated carbocycles. The Morgan fingerprint density at radius 2 is 1.81 bits per heavy atom. The van der Waals surface area contributed by atoms with E-state index < -0.39 is 41.0 Å². The van der Waals surface area contributed by atoms with Crippen molar-refractivity contribution in [2.75, 3.05) is 0 Å². The van der Waals surface area contributed by atoms with Crippen LogP contribution in [0.1, 0.15) is 53.2 Å². The van der Waals surface area contributed by atoms with Gasteiger partial charge in [-0.25, -0.2) is 14.4 Å². The van der Waals surface area contributed by atoms with Crippen molar-refractivity contribution in [3.8, 4) is 5.75 Å². The molecule has 1 saturated heterocycles. The van der Waals surface area contributed by atoms with Crippen LogP contribution in [0.5, 0.6) is 5.75 Å². The van der Waals surface area contributed by atoms with Crippen LogP contribution in [0, 0.1) is 0 Å². The molecule has 1 aromatic carbocycles. The SMILES string of the molecule is CC=C(C)C(=O)OC1C(OC(=O)C2(C)OC2C)c2cc3ccc(=O)oc3cc2OC1(C)C. The van der Waals surface area contributed by atoms with Crippen LogP contribution >= 0.6 is 0 Å². The number of benzene rings is 1. The summed E-state index contributed by atoms with van der Waals surface area (Å²) in [5.41, 5.74) is -1.34. The highest BCUT2D eigenvalue weighted by Gasteiger charge is 2.59. The molecule has 0 aliphatic carbocycles. The minimum absolute atomic E-state index is 0.278. The summed E-state index contributed by atoms with van der Waals surface area (Å²) in [6.07, 6.45) is -0.532. The molecule has 32 heavy (non-hydrogen) atoms. The highest BCUT2D eigenvalue weighted by atomic mass is 16.7. The number of ether oxygens (including phenoxy) is 4. The van der Waals surface area contributed by atoms with Crippen molar-refractivity contribution in [2.24, 2.45) is 0 Å². The molecule has 2 aliphatic heterocycles. The molecule has 4 unspecified atom stereocenters. The number of fused-ring (bicyclic) bond motifs is 2. The van der Waals surface area contributed by atoms with Gasteiger partial charge in [0.2, 0.25) is 0 Å². The summed E-state index contributed by atoms with van der Waals surface area (Å²) in [5.74, 6) is -0.713. The summed E-state index contributed by atoms with van der Waals surface area (Å²) in [6, 6.07) is 6.21. The molecular formula is C24H26O8. The first kappa shape index (κ1) is 22.1. The Bertz CT molecular complexity index is 1190. The van der Waals surface area contributed by atoms with Gasteiger partial charge in [0.25, 0.3) is 0 Å². The zero-order chi connectivity index (χ0) is 23.4. The maximum atomic E-state index is 13.0. The highest BCUT2D eigenvalue weighted by Crippen LogP contribution is 2.47. The fourth-order valence-corrected chi connectivity index (χ4v) is 3.73. The first-order valence-corrected chi connectivity index (χ1v) is 10.5. The number of hydrogen-bond acceptors (Lipinski definition) is 8. The lowest BCUT2D eigenvalue weighted by Gasteiger charge is -2.43. The summed E-state index contributed by atoms with van der Waals surface area (Å²) in [6.45, 7) is 10.3. The number of epoxide rings is 1. The smallest absolute Gasteiger partial charge is 0.341 e. The van der Waals surface area contributed by atoms with Crippen molar-refractivity contribution in [1.82, 2.24) is 0 Å². The van der Waals surface area contributed by atoms with Gasteiger partial charge < -0.3 is 23.4 Å². The zero-order valence-electron chi connectivity index (χ0n) is 18.9. The van der Waals surface area contributed by atoms with Crippen LogP contribution < -0.4 is 10.4 Å². The Balaban J connectivity index is 1.82. The first-order chi connectivity index (χ1) is 15.0. The maximum absolute atomic E-state index is 13.0. The Kier molecular flexibility index (Phi) is 5.16. The van der Waals surface area contributed by atoms with Crippen molar-refractivity contribution < 1.29 is 33.0 Å². The number of esters is 2. The molecule has 4 atom stereocenters. The van der Waals surface area contributed by atoms with Crippen molar-refractivity contribution in [1.29, 1.82) is 0 Å². The molecule has 170 valence electrons. The molecule has 1 aromatic heterocycles. The fraction of sp³-hybridized carbons (Fsp3) is 0.458. The lowest BCUT2D eigenvalue weighted by Crippen LogP contribution is -2.52. The van der Waals surface area contributed by atoms with Crippen LogP contribution in [0.2, 0.25) is 0 Å². The first-order valence-electron chi connectivity index (χ1n) is 10.5. The van der Waals surface area contributed by atoms with E-state index in [-0.39, 0.29) is 6.10 Å². The monoisotopic (exact) mass is 442 g/mol. The van der Waals surface area contributed by atoms with Gasteiger partial charge in [0.05, 0.1) is 6.10 Å². The van der Waals surface area contributed by atoms with Crippen LogP contribution in [0.4, 0.5) is 0 Å². The Labute approximate surface area is 185 Å². The third-order valence-corrected chi connectivity index (χ3v) is 6.16. The Hall–Kier alpha value is -3.13. The van der Waals surface area contributed by atoms with Crippen molar-refractivity contribution >= 4 is 22.9 Å². The number of hydrogen-bond donors (Lipinski definition) is 0. The Morgan fingerprint density at radius 3 is 2.44 bits per heavy atom. The van der Waals surface area contributed by atoms with Gasteiger partial charge in [0.1, 0.15) is 16.9 Å². The summed E-state index contributed by atoms with van der Waals surface area (Å²) < 4.78 is 28.6. The molecule has 4 rings (SSSR count). The molecule has 0 amide bonds. The predicted octanol–water partition coefficient (Wildman–Crippen LogP) is 3.60. The molecule has 0 radical (unpaired) electrons. The van der Waals surface area contributed by atoms with Gasteiger partial charge in [-0.3, -0.25) is 0 Å².